The third-order valence-electron chi connectivity index (χ3n) is 24.9. The highest BCUT2D eigenvalue weighted by Gasteiger charge is 2.36. The van der Waals surface area contributed by atoms with Crippen molar-refractivity contribution in [2.75, 3.05) is 80.8 Å². The molecule has 0 saturated carbocycles. The highest BCUT2D eigenvalue weighted by molar-refractivity contribution is 5.89. The molecule has 0 spiro atoms. The highest BCUT2D eigenvalue weighted by atomic mass is 16.6. The third kappa shape index (κ3) is 33.2. The molecule has 0 unspecified atom stereocenters. The van der Waals surface area contributed by atoms with E-state index < -0.39 is 48.5 Å². The standard InChI is InChI=1S/2C30H32N2O5.2C25H30N2O5/c2*1-36-27(33)20-22-12-14-24(15-13-22)25-16-18-32(19-17-25)29(34)28(26-10-6-3-7-11-26)31-30(35)37-21-23-8-4-2-5-9-23;2*1-18(26-25(30)32-17-20-6-4-3-5-7-20)24(29)27-14-12-22(13-15-27)21-10-8-19(9-11-21)16-23(28)31-2/h2*2-15,25,28H,16-21H2,1H3,(H,31,35);2*3-11,18,22H,12-17H2,1-2H3,(H,26,30)/t2*28-;2*18-/m1010/s1. The largest absolute Gasteiger partial charge is 0.469 e. The quantitative estimate of drug-likeness (QED) is 0.0240. The zero-order valence-electron chi connectivity index (χ0n) is 79.1. The maximum absolute atomic E-state index is 13.5. The molecule has 0 radical (unpaired) electrons. The minimum absolute atomic E-state index is 0.103. The molecule has 0 aromatic heterocycles. The fraction of sp³-hybridized carbons (Fsp3) is 0.345. The fourth-order valence-corrected chi connectivity index (χ4v) is 16.9. The minimum atomic E-state index is -0.821. The number of carbonyl (C=O) groups excluding carboxylic acids is 12. The number of benzene rings is 10. The molecule has 4 aliphatic rings. The van der Waals surface area contributed by atoms with Crippen LogP contribution in [0.25, 0.3) is 0 Å². The summed E-state index contributed by atoms with van der Waals surface area (Å²) < 4.78 is 40.0. The summed E-state index contributed by atoms with van der Waals surface area (Å²) in [6, 6.07) is 85.3. The molecule has 4 saturated heterocycles. The number of alkyl carbamates (subject to hydrolysis) is 4. The summed E-state index contributed by atoms with van der Waals surface area (Å²) in [5.41, 5.74) is 13.5. The number of nitrogens with zero attached hydrogens (tertiary/aromatic N) is 4. The number of esters is 4. The van der Waals surface area contributed by atoms with E-state index >= 15 is 0 Å². The topological polar surface area (TPSA) is 340 Å². The molecular formula is C110H124N8O20. The molecule has 10 aromatic carbocycles. The summed E-state index contributed by atoms with van der Waals surface area (Å²) >= 11 is 0. The highest BCUT2D eigenvalue weighted by Crippen LogP contribution is 2.35. The summed E-state index contributed by atoms with van der Waals surface area (Å²) in [5.74, 6) is -0.129. The monoisotopic (exact) mass is 1880 g/mol. The van der Waals surface area contributed by atoms with Crippen LogP contribution in [0.4, 0.5) is 19.2 Å². The van der Waals surface area contributed by atoms with Gasteiger partial charge in [-0.3, -0.25) is 38.4 Å². The molecule has 28 nitrogen and oxygen atoms in total. The Hall–Kier alpha value is -15.0. The van der Waals surface area contributed by atoms with Crippen LogP contribution in [0.15, 0.2) is 279 Å². The summed E-state index contributed by atoms with van der Waals surface area (Å²) in [6.07, 6.45) is 5.28. The van der Waals surface area contributed by atoms with E-state index in [-0.39, 0.29) is 99.6 Å². The lowest BCUT2D eigenvalue weighted by atomic mass is 9.88. The Morgan fingerprint density at radius 2 is 0.435 bits per heavy atom. The predicted octanol–water partition coefficient (Wildman–Crippen LogP) is 16.4. The van der Waals surface area contributed by atoms with Crippen LogP contribution in [0.1, 0.15) is 179 Å². The first kappa shape index (κ1) is 104. The average molecular weight is 1880 g/mol. The Morgan fingerprint density at radius 3 is 0.638 bits per heavy atom. The van der Waals surface area contributed by atoms with Gasteiger partial charge in [0.15, 0.2) is 0 Å². The second-order valence-corrected chi connectivity index (χ2v) is 34.3. The number of amides is 8. The fourth-order valence-electron chi connectivity index (χ4n) is 16.9. The van der Waals surface area contributed by atoms with Crippen LogP contribution < -0.4 is 21.3 Å². The van der Waals surface area contributed by atoms with Gasteiger partial charge < -0.3 is 78.8 Å². The number of hydrogen-bond donors (Lipinski definition) is 4. The Morgan fingerprint density at radius 1 is 0.246 bits per heavy atom. The van der Waals surface area contributed by atoms with Gasteiger partial charge in [0.1, 0.15) is 50.6 Å². The van der Waals surface area contributed by atoms with E-state index in [9.17, 15) is 57.5 Å². The van der Waals surface area contributed by atoms with Gasteiger partial charge in [-0.2, -0.15) is 0 Å². The lowest BCUT2D eigenvalue weighted by Crippen LogP contribution is -2.49. The summed E-state index contributed by atoms with van der Waals surface area (Å²) in [7, 11) is 5.54. The first-order valence-electron chi connectivity index (χ1n) is 46.7. The van der Waals surface area contributed by atoms with E-state index in [2.05, 4.69) is 45.5 Å². The van der Waals surface area contributed by atoms with Crippen molar-refractivity contribution < 1.29 is 95.4 Å². The van der Waals surface area contributed by atoms with Crippen molar-refractivity contribution in [2.45, 2.75) is 165 Å². The molecule has 28 heteroatoms. The Labute approximate surface area is 806 Å². The Bertz CT molecular complexity index is 5180. The van der Waals surface area contributed by atoms with Crippen molar-refractivity contribution in [3.63, 3.8) is 0 Å². The maximum atomic E-state index is 13.5. The molecular weight excluding hydrogens is 1750 g/mol. The molecule has 4 heterocycles. The van der Waals surface area contributed by atoms with Gasteiger partial charge in [-0.1, -0.05) is 279 Å². The summed E-state index contributed by atoms with van der Waals surface area (Å²) in [4.78, 5) is 155. The molecule has 10 aromatic rings. The van der Waals surface area contributed by atoms with Crippen molar-refractivity contribution in [3.8, 4) is 0 Å². The van der Waals surface area contributed by atoms with Crippen LogP contribution in [0.2, 0.25) is 0 Å². The lowest BCUT2D eigenvalue weighted by molar-refractivity contribution is -0.140. The Balaban J connectivity index is 0.000000177. The van der Waals surface area contributed by atoms with Gasteiger partial charge in [-0.25, -0.2) is 19.2 Å². The first-order valence-corrected chi connectivity index (χ1v) is 46.7. The van der Waals surface area contributed by atoms with E-state index in [1.54, 1.807) is 23.6 Å². The smallest absolute Gasteiger partial charge is 0.408 e. The van der Waals surface area contributed by atoms with E-state index in [1.165, 1.54) is 50.7 Å². The molecule has 0 bridgehead atoms. The second kappa shape index (κ2) is 54.6. The number of rotatable bonds is 30. The lowest BCUT2D eigenvalue weighted by Gasteiger charge is -2.34. The third-order valence-corrected chi connectivity index (χ3v) is 24.9. The van der Waals surface area contributed by atoms with E-state index in [1.807, 2.05) is 265 Å². The molecule has 8 amide bonds. The molecule has 138 heavy (non-hydrogen) atoms. The Kier molecular flexibility index (Phi) is 40.9. The second-order valence-electron chi connectivity index (χ2n) is 34.3. The molecule has 4 aliphatic heterocycles. The van der Waals surface area contributed by atoms with Crippen molar-refractivity contribution in [2.24, 2.45) is 0 Å². The molecule has 14 rings (SSSR count). The average Bonchev–Trinajstić information content (AvgIpc) is 0.831. The molecule has 724 valence electrons. The molecule has 4 atom stereocenters. The van der Waals surface area contributed by atoms with Crippen LogP contribution in [-0.2, 0) is 128 Å². The van der Waals surface area contributed by atoms with Gasteiger partial charge >= 0.3 is 48.3 Å². The van der Waals surface area contributed by atoms with E-state index in [0.29, 0.717) is 87.2 Å². The number of likely N-dealkylation sites (tertiary alicyclic amines) is 4. The van der Waals surface area contributed by atoms with Crippen LogP contribution in [0, 0.1) is 0 Å². The van der Waals surface area contributed by atoms with Gasteiger partial charge in [-0.05, 0) is 167 Å². The van der Waals surface area contributed by atoms with Gasteiger partial charge in [0.05, 0.1) is 54.1 Å². The number of nitrogens with one attached hydrogen (secondary N) is 4. The number of carbonyl (C=O) groups is 12. The SMILES string of the molecule is COC(=O)Cc1ccc(C2CCN(C(=O)[C@@H](C)NC(=O)OCc3ccccc3)CC2)cc1.COC(=O)Cc1ccc(C2CCN(C(=O)[C@@H](NC(=O)OCc3ccccc3)c3ccccc3)CC2)cc1.COC(=O)Cc1ccc(C2CCN(C(=O)[C@H](C)NC(=O)OCc3ccccc3)CC2)cc1.COC(=O)Cc1ccc(C2CCN(C(=O)[C@H](NC(=O)OCc3ccccc3)c3ccccc3)CC2)cc1. The van der Waals surface area contributed by atoms with Crippen molar-refractivity contribution >= 4 is 71.9 Å². The molecule has 4 fully saturated rings. The normalized spacial score (nSPS) is 14.7. The maximum Gasteiger partial charge on any atom is 0.408 e. The number of piperidine rings is 4. The van der Waals surface area contributed by atoms with Gasteiger partial charge in [0.25, 0.3) is 0 Å². The van der Waals surface area contributed by atoms with Crippen LogP contribution in [-0.4, -0.2) is 184 Å². The summed E-state index contributed by atoms with van der Waals surface area (Å²) in [6.45, 7) is 8.88. The predicted molar refractivity (Wildman–Crippen MR) is 519 cm³/mol. The number of ether oxygens (including phenoxy) is 8. The van der Waals surface area contributed by atoms with E-state index in [0.717, 1.165) is 95.9 Å². The van der Waals surface area contributed by atoms with Gasteiger partial charge in [0, 0.05) is 52.4 Å². The number of hydrogen-bond acceptors (Lipinski definition) is 20. The minimum Gasteiger partial charge on any atom is -0.469 e. The van der Waals surface area contributed by atoms with Crippen LogP contribution >= 0.6 is 0 Å². The molecule has 4 N–H and O–H groups in total. The van der Waals surface area contributed by atoms with Crippen molar-refractivity contribution in [1.82, 2.24) is 40.9 Å². The zero-order chi connectivity index (χ0) is 97.9. The van der Waals surface area contributed by atoms with Gasteiger partial charge in [-0.15, -0.1) is 0 Å². The van der Waals surface area contributed by atoms with Crippen LogP contribution in [0.5, 0.6) is 0 Å². The van der Waals surface area contributed by atoms with Crippen molar-refractivity contribution in [1.29, 1.82) is 0 Å². The van der Waals surface area contributed by atoms with Crippen molar-refractivity contribution in [3.05, 3.63) is 357 Å². The first-order chi connectivity index (χ1) is 67.0. The van der Waals surface area contributed by atoms with Crippen LogP contribution in [0.3, 0.4) is 0 Å². The zero-order valence-corrected chi connectivity index (χ0v) is 79.1. The molecule has 0 aliphatic carbocycles. The summed E-state index contributed by atoms with van der Waals surface area (Å²) in [5, 5.41) is 10.8. The van der Waals surface area contributed by atoms with Gasteiger partial charge in [0.2, 0.25) is 23.6 Å². The number of methoxy groups -OCH3 is 4. The van der Waals surface area contributed by atoms with E-state index in [4.69, 9.17) is 37.9 Å².